The van der Waals surface area contributed by atoms with Gasteiger partial charge in [-0.3, -0.25) is 16.0 Å². The van der Waals surface area contributed by atoms with Crippen LogP contribution in [0, 0.1) is 6.92 Å². The Bertz CT molecular complexity index is 728. The summed E-state index contributed by atoms with van der Waals surface area (Å²) in [5.74, 6) is 5.76. The van der Waals surface area contributed by atoms with Crippen LogP contribution in [0.1, 0.15) is 22.9 Å². The van der Waals surface area contributed by atoms with Crippen LogP contribution >= 0.6 is 11.3 Å². The summed E-state index contributed by atoms with van der Waals surface area (Å²) in [7, 11) is 1.93. The zero-order chi connectivity index (χ0) is 14.1. The number of aromatic nitrogens is 2. The Balaban J connectivity index is 1.94. The summed E-state index contributed by atoms with van der Waals surface area (Å²) in [5, 5.41) is 7.94. The van der Waals surface area contributed by atoms with E-state index in [0.717, 1.165) is 17.7 Å². The van der Waals surface area contributed by atoms with Gasteiger partial charge in [-0.25, -0.2) is 0 Å². The van der Waals surface area contributed by atoms with E-state index in [1.807, 2.05) is 24.9 Å². The Kier molecular flexibility index (Phi) is 3.56. The molecule has 1 aromatic carbocycles. The summed E-state index contributed by atoms with van der Waals surface area (Å²) in [6, 6.07) is 8.57. The summed E-state index contributed by atoms with van der Waals surface area (Å²) >= 11 is 1.78. The van der Waals surface area contributed by atoms with Gasteiger partial charge in [0.15, 0.2) is 0 Å². The van der Waals surface area contributed by atoms with Gasteiger partial charge in [-0.1, -0.05) is 18.2 Å². The molecule has 0 saturated carbocycles. The monoisotopic (exact) mass is 286 g/mol. The van der Waals surface area contributed by atoms with E-state index in [9.17, 15) is 0 Å². The maximum atomic E-state index is 5.76. The minimum absolute atomic E-state index is 0.0849. The van der Waals surface area contributed by atoms with Crippen LogP contribution in [0.5, 0.6) is 0 Å². The van der Waals surface area contributed by atoms with Crippen LogP contribution in [0.25, 0.3) is 10.1 Å². The minimum Gasteiger partial charge on any atom is -0.275 e. The molecule has 20 heavy (non-hydrogen) atoms. The molecule has 0 radical (unpaired) electrons. The predicted octanol–water partition coefficient (Wildman–Crippen LogP) is 2.69. The zero-order valence-corrected chi connectivity index (χ0v) is 12.4. The van der Waals surface area contributed by atoms with Crippen molar-refractivity contribution in [3.63, 3.8) is 0 Å². The van der Waals surface area contributed by atoms with Crippen molar-refractivity contribution in [2.75, 3.05) is 0 Å². The van der Waals surface area contributed by atoms with Gasteiger partial charge in [0.1, 0.15) is 0 Å². The normalized spacial score (nSPS) is 12.9. The van der Waals surface area contributed by atoms with E-state index in [1.54, 1.807) is 11.3 Å². The molecule has 3 N–H and O–H groups in total. The van der Waals surface area contributed by atoms with E-state index in [1.165, 1.54) is 15.6 Å². The topological polar surface area (TPSA) is 55.9 Å². The van der Waals surface area contributed by atoms with Crippen LogP contribution in [0.4, 0.5) is 0 Å². The molecule has 0 aliphatic heterocycles. The Labute approximate surface area is 122 Å². The average Bonchev–Trinajstić information content (AvgIpc) is 3.00. The number of nitrogens with one attached hydrogen (secondary N) is 1. The Morgan fingerprint density at radius 2 is 2.20 bits per heavy atom. The highest BCUT2D eigenvalue weighted by Gasteiger charge is 2.17. The zero-order valence-electron chi connectivity index (χ0n) is 11.6. The van der Waals surface area contributed by atoms with Crippen molar-refractivity contribution < 1.29 is 0 Å². The number of rotatable bonds is 4. The highest BCUT2D eigenvalue weighted by Crippen LogP contribution is 2.29. The highest BCUT2D eigenvalue weighted by atomic mass is 32.1. The smallest absolute Gasteiger partial charge is 0.0642 e. The number of nitrogens with zero attached hydrogens (tertiary/aromatic N) is 2. The lowest BCUT2D eigenvalue weighted by Crippen LogP contribution is -2.29. The van der Waals surface area contributed by atoms with Gasteiger partial charge in [0.25, 0.3) is 0 Å². The fraction of sp³-hybridized carbons (Fsp3) is 0.267. The molecule has 5 heteroatoms. The van der Waals surface area contributed by atoms with Crippen molar-refractivity contribution in [2.45, 2.75) is 19.4 Å². The molecule has 3 rings (SSSR count). The second-order valence-corrected chi connectivity index (χ2v) is 5.94. The van der Waals surface area contributed by atoms with Gasteiger partial charge in [0.05, 0.1) is 11.7 Å². The van der Waals surface area contributed by atoms with Crippen molar-refractivity contribution >= 4 is 21.4 Å². The lowest BCUT2D eigenvalue weighted by atomic mass is 10.00. The molecule has 3 aromatic rings. The largest absolute Gasteiger partial charge is 0.275 e. The first-order chi connectivity index (χ1) is 9.69. The second kappa shape index (κ2) is 5.36. The number of fused-ring (bicyclic) bond motifs is 1. The molecule has 0 saturated heterocycles. The van der Waals surface area contributed by atoms with Gasteiger partial charge in [0, 0.05) is 23.5 Å². The SMILES string of the molecule is Cc1nn(C)cc1C(Cc1csc2ccccc12)NN. The molecule has 0 amide bonds. The number of nitrogens with two attached hydrogens (primary N) is 1. The number of thiophene rings is 1. The molecule has 1 unspecified atom stereocenters. The van der Waals surface area contributed by atoms with E-state index in [2.05, 4.69) is 40.2 Å². The number of aryl methyl sites for hydroxylation is 2. The van der Waals surface area contributed by atoms with Crippen molar-refractivity contribution in [3.8, 4) is 0 Å². The van der Waals surface area contributed by atoms with Gasteiger partial charge in [-0.15, -0.1) is 11.3 Å². The van der Waals surface area contributed by atoms with Crippen LogP contribution in [-0.4, -0.2) is 9.78 Å². The number of hydrogen-bond acceptors (Lipinski definition) is 4. The lowest BCUT2D eigenvalue weighted by Gasteiger charge is -2.14. The predicted molar refractivity (Wildman–Crippen MR) is 83.5 cm³/mol. The Morgan fingerprint density at radius 1 is 1.40 bits per heavy atom. The van der Waals surface area contributed by atoms with Crippen LogP contribution in [-0.2, 0) is 13.5 Å². The van der Waals surface area contributed by atoms with Gasteiger partial charge in [-0.05, 0) is 35.7 Å². The van der Waals surface area contributed by atoms with Crippen LogP contribution in [0.3, 0.4) is 0 Å². The van der Waals surface area contributed by atoms with E-state index in [0.29, 0.717) is 0 Å². The summed E-state index contributed by atoms with van der Waals surface area (Å²) in [5.41, 5.74) is 6.44. The third-order valence-electron chi connectivity index (χ3n) is 3.61. The molecule has 1 atom stereocenters. The second-order valence-electron chi connectivity index (χ2n) is 5.02. The highest BCUT2D eigenvalue weighted by molar-refractivity contribution is 7.17. The molecule has 0 spiro atoms. The van der Waals surface area contributed by atoms with Crippen LogP contribution in [0.2, 0.25) is 0 Å². The van der Waals surface area contributed by atoms with Crippen molar-refractivity contribution in [1.82, 2.24) is 15.2 Å². The molecule has 2 heterocycles. The van der Waals surface area contributed by atoms with Gasteiger partial charge >= 0.3 is 0 Å². The third kappa shape index (κ3) is 2.35. The first-order valence-corrected chi connectivity index (χ1v) is 7.48. The van der Waals surface area contributed by atoms with Crippen molar-refractivity contribution in [3.05, 3.63) is 52.7 Å². The number of benzene rings is 1. The minimum atomic E-state index is 0.0849. The number of hydrogen-bond donors (Lipinski definition) is 2. The summed E-state index contributed by atoms with van der Waals surface area (Å²) in [6.07, 6.45) is 2.90. The molecule has 0 aliphatic carbocycles. The third-order valence-corrected chi connectivity index (χ3v) is 4.63. The van der Waals surface area contributed by atoms with Gasteiger partial charge in [-0.2, -0.15) is 5.10 Å². The first kappa shape index (κ1) is 13.3. The number of hydrazine groups is 1. The summed E-state index contributed by atoms with van der Waals surface area (Å²) < 4.78 is 3.15. The fourth-order valence-electron chi connectivity index (χ4n) is 2.63. The quantitative estimate of drug-likeness (QED) is 0.573. The fourth-order valence-corrected chi connectivity index (χ4v) is 3.61. The molecule has 2 aromatic heterocycles. The molecule has 0 bridgehead atoms. The maximum absolute atomic E-state index is 5.76. The lowest BCUT2D eigenvalue weighted by molar-refractivity contribution is 0.551. The van der Waals surface area contributed by atoms with Gasteiger partial charge < -0.3 is 0 Å². The van der Waals surface area contributed by atoms with E-state index >= 15 is 0 Å². The summed E-state index contributed by atoms with van der Waals surface area (Å²) in [6.45, 7) is 2.02. The molecule has 104 valence electrons. The van der Waals surface area contributed by atoms with E-state index in [-0.39, 0.29) is 6.04 Å². The van der Waals surface area contributed by atoms with Crippen LogP contribution in [0.15, 0.2) is 35.8 Å². The molecule has 0 aliphatic rings. The summed E-state index contributed by atoms with van der Waals surface area (Å²) in [4.78, 5) is 0. The standard InChI is InChI=1S/C15H18N4S/c1-10-13(8-19(2)18-10)14(17-16)7-11-9-20-15-6-4-3-5-12(11)15/h3-6,8-9,14,17H,7,16H2,1-2H3. The first-order valence-electron chi connectivity index (χ1n) is 6.60. The van der Waals surface area contributed by atoms with Crippen molar-refractivity contribution in [1.29, 1.82) is 0 Å². The Morgan fingerprint density at radius 3 is 2.90 bits per heavy atom. The van der Waals surface area contributed by atoms with Gasteiger partial charge in [0.2, 0.25) is 0 Å². The molecule has 4 nitrogen and oxygen atoms in total. The molecule has 0 fully saturated rings. The van der Waals surface area contributed by atoms with Crippen molar-refractivity contribution in [2.24, 2.45) is 12.9 Å². The van der Waals surface area contributed by atoms with E-state index < -0.39 is 0 Å². The van der Waals surface area contributed by atoms with Crippen LogP contribution < -0.4 is 11.3 Å². The molecular weight excluding hydrogens is 268 g/mol. The Hall–Kier alpha value is -1.69. The average molecular weight is 286 g/mol. The van der Waals surface area contributed by atoms with E-state index in [4.69, 9.17) is 5.84 Å². The molecular formula is C15H18N4S. The maximum Gasteiger partial charge on any atom is 0.0642 e.